The summed E-state index contributed by atoms with van der Waals surface area (Å²) >= 11 is 0. The molecule has 19 heavy (non-hydrogen) atoms. The first kappa shape index (κ1) is 16.0. The van der Waals surface area contributed by atoms with Crippen LogP contribution in [0.1, 0.15) is 12.0 Å². The lowest BCUT2D eigenvalue weighted by molar-refractivity contribution is -0.122. The molecule has 2 N–H and O–H groups in total. The molecule has 2 rings (SSSR count). The summed E-state index contributed by atoms with van der Waals surface area (Å²) in [4.78, 5) is 11.7. The van der Waals surface area contributed by atoms with E-state index in [0.717, 1.165) is 19.6 Å². The second-order valence-corrected chi connectivity index (χ2v) is 4.52. The predicted molar refractivity (Wildman–Crippen MR) is 77.6 cm³/mol. The summed E-state index contributed by atoms with van der Waals surface area (Å²) in [6.07, 6.45) is 1.37. The third-order valence-electron chi connectivity index (χ3n) is 3.01. The van der Waals surface area contributed by atoms with E-state index in [1.165, 1.54) is 5.56 Å². The number of ether oxygens (including phenoxy) is 1. The van der Waals surface area contributed by atoms with E-state index in [0.29, 0.717) is 19.6 Å². The van der Waals surface area contributed by atoms with Gasteiger partial charge in [0.25, 0.3) is 0 Å². The molecule has 1 aromatic carbocycles. The maximum Gasteiger partial charge on any atom is 0.221 e. The Balaban J connectivity index is 0.00000180. The van der Waals surface area contributed by atoms with E-state index in [-0.39, 0.29) is 24.4 Å². The highest BCUT2D eigenvalue weighted by Gasteiger charge is 2.16. The maximum absolute atomic E-state index is 11.7. The molecule has 1 atom stereocenters. The smallest absolute Gasteiger partial charge is 0.221 e. The zero-order valence-corrected chi connectivity index (χ0v) is 11.7. The summed E-state index contributed by atoms with van der Waals surface area (Å²) < 4.78 is 5.31. The summed E-state index contributed by atoms with van der Waals surface area (Å²) in [5, 5.41) is 6.22. The Bertz CT molecular complexity index is 367. The van der Waals surface area contributed by atoms with Crippen LogP contribution in [0.3, 0.4) is 0 Å². The van der Waals surface area contributed by atoms with Crippen LogP contribution >= 0.6 is 12.4 Å². The van der Waals surface area contributed by atoms with Crippen LogP contribution in [0.2, 0.25) is 0 Å². The monoisotopic (exact) mass is 284 g/mol. The molecule has 0 aliphatic carbocycles. The third-order valence-corrected chi connectivity index (χ3v) is 3.01. The molecule has 106 valence electrons. The zero-order chi connectivity index (χ0) is 12.6. The van der Waals surface area contributed by atoms with Gasteiger partial charge < -0.3 is 15.4 Å². The Morgan fingerprint density at radius 3 is 2.84 bits per heavy atom. The summed E-state index contributed by atoms with van der Waals surface area (Å²) in [7, 11) is 0. The highest BCUT2D eigenvalue weighted by Crippen LogP contribution is 2.00. The summed E-state index contributed by atoms with van der Waals surface area (Å²) in [5.41, 5.74) is 1.25. The Kier molecular flexibility index (Phi) is 7.48. The largest absolute Gasteiger partial charge is 0.378 e. The van der Waals surface area contributed by atoms with Crippen molar-refractivity contribution in [3.8, 4) is 0 Å². The molecular weight excluding hydrogens is 264 g/mol. The van der Waals surface area contributed by atoms with E-state index in [1.807, 2.05) is 18.2 Å². The van der Waals surface area contributed by atoms with Gasteiger partial charge in [0.2, 0.25) is 5.91 Å². The van der Waals surface area contributed by atoms with Crippen molar-refractivity contribution in [1.82, 2.24) is 10.6 Å². The number of halogens is 1. The fourth-order valence-corrected chi connectivity index (χ4v) is 2.04. The maximum atomic E-state index is 11.7. The summed E-state index contributed by atoms with van der Waals surface area (Å²) in [6, 6.07) is 10.3. The minimum atomic E-state index is 0. The molecule has 0 aromatic heterocycles. The molecule has 0 radical (unpaired) electrons. The van der Waals surface area contributed by atoms with Gasteiger partial charge in [0.1, 0.15) is 0 Å². The van der Waals surface area contributed by atoms with Gasteiger partial charge in [-0.15, -0.1) is 12.4 Å². The topological polar surface area (TPSA) is 50.4 Å². The van der Waals surface area contributed by atoms with Crippen LogP contribution in [0, 0.1) is 0 Å². The molecule has 4 nitrogen and oxygen atoms in total. The van der Waals surface area contributed by atoms with E-state index >= 15 is 0 Å². The minimum Gasteiger partial charge on any atom is -0.378 e. The van der Waals surface area contributed by atoms with Crippen molar-refractivity contribution in [3.63, 3.8) is 0 Å². The molecule has 1 aliphatic heterocycles. The highest BCUT2D eigenvalue weighted by atomic mass is 35.5. The van der Waals surface area contributed by atoms with E-state index in [9.17, 15) is 4.79 Å². The Morgan fingerprint density at radius 2 is 2.16 bits per heavy atom. The molecule has 0 saturated carbocycles. The van der Waals surface area contributed by atoms with Crippen molar-refractivity contribution in [2.75, 3.05) is 26.3 Å². The van der Waals surface area contributed by atoms with Crippen molar-refractivity contribution in [1.29, 1.82) is 0 Å². The first-order valence-electron chi connectivity index (χ1n) is 6.46. The second kappa shape index (κ2) is 8.91. The zero-order valence-electron chi connectivity index (χ0n) is 10.9. The lowest BCUT2D eigenvalue weighted by Crippen LogP contribution is -2.44. The third kappa shape index (κ3) is 6.05. The van der Waals surface area contributed by atoms with Crippen LogP contribution < -0.4 is 10.6 Å². The number of amides is 1. The van der Waals surface area contributed by atoms with Gasteiger partial charge >= 0.3 is 0 Å². The number of benzene rings is 1. The van der Waals surface area contributed by atoms with Crippen LogP contribution in [0.15, 0.2) is 30.3 Å². The van der Waals surface area contributed by atoms with Crippen LogP contribution in [-0.2, 0) is 16.0 Å². The average molecular weight is 285 g/mol. The number of hydrogen-bond donors (Lipinski definition) is 2. The van der Waals surface area contributed by atoms with E-state index in [2.05, 4.69) is 22.8 Å². The average Bonchev–Trinajstić information content (AvgIpc) is 2.41. The number of hydrogen-bond acceptors (Lipinski definition) is 3. The first-order chi connectivity index (χ1) is 8.84. The lowest BCUT2D eigenvalue weighted by atomic mass is 10.1. The Morgan fingerprint density at radius 1 is 1.37 bits per heavy atom. The van der Waals surface area contributed by atoms with Crippen molar-refractivity contribution >= 4 is 18.3 Å². The highest BCUT2D eigenvalue weighted by molar-refractivity contribution is 5.85. The van der Waals surface area contributed by atoms with E-state index in [4.69, 9.17) is 4.74 Å². The van der Waals surface area contributed by atoms with Gasteiger partial charge in [0, 0.05) is 25.6 Å². The fourth-order valence-electron chi connectivity index (χ4n) is 2.04. The molecule has 1 amide bonds. The van der Waals surface area contributed by atoms with E-state index in [1.54, 1.807) is 0 Å². The Labute approximate surface area is 120 Å². The number of carbonyl (C=O) groups is 1. The molecule has 1 aromatic rings. The quantitative estimate of drug-likeness (QED) is 0.853. The van der Waals surface area contributed by atoms with Gasteiger partial charge in [0.05, 0.1) is 13.2 Å². The minimum absolute atomic E-state index is 0. The molecular formula is C14H21ClN2O2. The molecule has 1 heterocycles. The second-order valence-electron chi connectivity index (χ2n) is 4.52. The van der Waals surface area contributed by atoms with Gasteiger partial charge in [0.15, 0.2) is 0 Å². The van der Waals surface area contributed by atoms with E-state index < -0.39 is 0 Å². The van der Waals surface area contributed by atoms with Crippen molar-refractivity contribution in [3.05, 3.63) is 35.9 Å². The number of nitrogens with one attached hydrogen (secondary N) is 2. The summed E-state index contributed by atoms with van der Waals surface area (Å²) in [5.74, 6) is 0.0916. The molecule has 5 heteroatoms. The van der Waals surface area contributed by atoms with Gasteiger partial charge in [-0.2, -0.15) is 0 Å². The standard InChI is InChI=1S/C14H20N2O2.ClH/c17-14(10-13-11-18-9-8-15-13)16-7-6-12-4-2-1-3-5-12;/h1-5,13,15H,6-11H2,(H,16,17);1H. The number of morpholine rings is 1. The summed E-state index contributed by atoms with van der Waals surface area (Å²) in [6.45, 7) is 2.90. The lowest BCUT2D eigenvalue weighted by Gasteiger charge is -2.23. The van der Waals surface area contributed by atoms with Gasteiger partial charge in [-0.25, -0.2) is 0 Å². The van der Waals surface area contributed by atoms with Crippen molar-refractivity contribution in [2.24, 2.45) is 0 Å². The molecule has 1 aliphatic rings. The molecule has 1 unspecified atom stereocenters. The van der Waals surface area contributed by atoms with Gasteiger partial charge in [-0.05, 0) is 12.0 Å². The van der Waals surface area contributed by atoms with Crippen molar-refractivity contribution in [2.45, 2.75) is 18.9 Å². The molecule has 0 spiro atoms. The molecule has 0 bridgehead atoms. The molecule has 1 fully saturated rings. The van der Waals surface area contributed by atoms with Crippen LogP contribution in [0.5, 0.6) is 0 Å². The Hall–Kier alpha value is -1.10. The SMILES string of the molecule is Cl.O=C(CC1COCCN1)NCCc1ccccc1. The fraction of sp³-hybridized carbons (Fsp3) is 0.500. The number of carbonyl (C=O) groups excluding carboxylic acids is 1. The van der Waals surface area contributed by atoms with Crippen LogP contribution in [0.25, 0.3) is 0 Å². The molecule has 1 saturated heterocycles. The normalized spacial score (nSPS) is 18.4. The van der Waals surface area contributed by atoms with Crippen LogP contribution in [0.4, 0.5) is 0 Å². The first-order valence-corrected chi connectivity index (χ1v) is 6.46. The van der Waals surface area contributed by atoms with Crippen LogP contribution in [-0.4, -0.2) is 38.3 Å². The number of rotatable bonds is 5. The van der Waals surface area contributed by atoms with Crippen molar-refractivity contribution < 1.29 is 9.53 Å². The van der Waals surface area contributed by atoms with Gasteiger partial charge in [-0.3, -0.25) is 4.79 Å². The van der Waals surface area contributed by atoms with Gasteiger partial charge in [-0.1, -0.05) is 30.3 Å². The predicted octanol–water partition coefficient (Wildman–Crippen LogP) is 1.15.